The van der Waals surface area contributed by atoms with Crippen molar-refractivity contribution in [2.24, 2.45) is 5.28 Å². The van der Waals surface area contributed by atoms with Crippen molar-refractivity contribution in [1.82, 2.24) is 14.6 Å². The largest absolute Gasteiger partial charge is 0.748 e. The second-order valence-corrected chi connectivity index (χ2v) is 15.5. The fourth-order valence-electron chi connectivity index (χ4n) is 6.69. The molecule has 10 atom stereocenters. The Hall–Kier alpha value is -2.07. The summed E-state index contributed by atoms with van der Waals surface area (Å²) in [6.07, 6.45) is -3.92. The predicted molar refractivity (Wildman–Crippen MR) is 152 cm³/mol. The van der Waals surface area contributed by atoms with E-state index < -0.39 is 83.9 Å². The first-order valence-electron chi connectivity index (χ1n) is 14.4. The maximum atomic E-state index is 13.2. The lowest BCUT2D eigenvalue weighted by atomic mass is 9.64. The summed E-state index contributed by atoms with van der Waals surface area (Å²) in [6.45, 7) is 5.46. The summed E-state index contributed by atoms with van der Waals surface area (Å²) in [6, 6.07) is -2.34. The zero-order valence-electron chi connectivity index (χ0n) is 27.5. The molecule has 3 N–H and O–H groups in total. The van der Waals surface area contributed by atoms with Gasteiger partial charge in [-0.15, -0.1) is 5.01 Å². The molecule has 3 rings (SSSR count). The molecule has 3 saturated heterocycles. The van der Waals surface area contributed by atoms with Gasteiger partial charge in [-0.2, -0.15) is 0 Å². The number of piperazine rings is 1. The van der Waals surface area contributed by atoms with E-state index in [0.29, 0.717) is 0 Å². The third-order valence-electron chi connectivity index (χ3n) is 10.2. The fourth-order valence-corrected chi connectivity index (χ4v) is 8.86. The molecule has 10 unspecified atom stereocenters. The van der Waals surface area contributed by atoms with Crippen molar-refractivity contribution in [3.05, 3.63) is 10.4 Å². The highest BCUT2D eigenvalue weighted by atomic mass is 32.2. The number of carboxylic acid groups (broad SMARTS) is 1. The predicted octanol–water partition coefficient (Wildman–Crippen LogP) is -4.38. The number of carboxylic acids is 1. The van der Waals surface area contributed by atoms with Crippen LogP contribution in [0.1, 0.15) is 41.5 Å². The molecule has 0 aliphatic carbocycles. The maximum Gasteiger partial charge on any atom is 0.198 e. The molecule has 0 aromatic rings. The van der Waals surface area contributed by atoms with Crippen LogP contribution < -0.4 is 9.83 Å². The lowest BCUT2D eigenvalue weighted by Crippen LogP contribution is -2.85. The molecule has 3 aliphatic heterocycles. The number of nitrogens with one attached hydrogen (secondary N) is 1. The Labute approximate surface area is 277 Å². The molecule has 3 heterocycles. The second-order valence-electron chi connectivity index (χ2n) is 12.9. The first-order chi connectivity index (χ1) is 21.6. The summed E-state index contributed by atoms with van der Waals surface area (Å²) in [5.74, 6) is -7.14. The van der Waals surface area contributed by atoms with E-state index in [9.17, 15) is 56.5 Å². The van der Waals surface area contributed by atoms with Crippen LogP contribution in [-0.4, -0.2) is 161 Å². The molecule has 0 radical (unpaired) electrons. The van der Waals surface area contributed by atoms with Gasteiger partial charge in [0.2, 0.25) is 0 Å². The van der Waals surface area contributed by atoms with E-state index in [1.165, 1.54) is 4.72 Å². The van der Waals surface area contributed by atoms with Crippen molar-refractivity contribution in [1.29, 1.82) is 0 Å². The van der Waals surface area contributed by atoms with E-state index in [1.54, 1.807) is 4.90 Å². The molecular weight excluding hydrogens is 694 g/mol. The van der Waals surface area contributed by atoms with Crippen molar-refractivity contribution in [2.45, 2.75) is 99.0 Å². The van der Waals surface area contributed by atoms with Crippen LogP contribution in [0.5, 0.6) is 0 Å². The molecule has 24 heteroatoms. The molecule has 3 aliphatic rings. The number of hydrogen-bond donors (Lipinski definition) is 3. The van der Waals surface area contributed by atoms with Gasteiger partial charge in [-0.1, -0.05) is 0 Å². The van der Waals surface area contributed by atoms with E-state index >= 15 is 0 Å². The number of carbonyl (C=O) groups is 1. The van der Waals surface area contributed by atoms with Gasteiger partial charge in [0.25, 0.3) is 0 Å². The summed E-state index contributed by atoms with van der Waals surface area (Å²) in [4.78, 5) is 13.8. The van der Waals surface area contributed by atoms with Crippen molar-refractivity contribution in [3.8, 4) is 0 Å². The highest BCUT2D eigenvalue weighted by Crippen LogP contribution is 2.54. The Balaban J connectivity index is 2.27. The Morgan fingerprint density at radius 1 is 0.979 bits per heavy atom. The number of ether oxygens (including phenoxy) is 5. The summed E-state index contributed by atoms with van der Waals surface area (Å²) in [5, 5.41) is 59.0. The van der Waals surface area contributed by atoms with Crippen molar-refractivity contribution >= 4 is 26.4 Å². The number of methoxy groups -OCH3 is 2. The molecule has 0 bridgehead atoms. The minimum Gasteiger partial charge on any atom is -0.748 e. The fraction of sp³-hybridized carbons (Fsp3) is 0.958. The van der Waals surface area contributed by atoms with Gasteiger partial charge in [-0.3, -0.25) is 4.90 Å². The molecular formula is C24H41N5O17S2-4. The first-order valence-corrected chi connectivity index (χ1v) is 17.3. The molecule has 0 aromatic carbocycles. The monoisotopic (exact) mass is 735 g/mol. The third kappa shape index (κ3) is 6.70. The van der Waals surface area contributed by atoms with E-state index in [-0.39, 0.29) is 37.7 Å². The molecule has 22 nitrogen and oxygen atoms in total. The quantitative estimate of drug-likeness (QED) is 0.0780. The van der Waals surface area contributed by atoms with Crippen LogP contribution in [0.4, 0.5) is 0 Å². The molecule has 0 aromatic heterocycles. The molecule has 0 saturated carbocycles. The lowest BCUT2D eigenvalue weighted by molar-refractivity contribution is -0.692. The molecule has 280 valence electrons. The van der Waals surface area contributed by atoms with Gasteiger partial charge in [-0.25, -0.2) is 21.6 Å². The van der Waals surface area contributed by atoms with Gasteiger partial charge in [0.05, 0.1) is 25.1 Å². The highest BCUT2D eigenvalue weighted by molar-refractivity contribution is 7.86. The summed E-state index contributed by atoms with van der Waals surface area (Å²) >= 11 is 0. The van der Waals surface area contributed by atoms with Gasteiger partial charge in [-0.05, 0) is 46.8 Å². The Morgan fingerprint density at radius 2 is 1.52 bits per heavy atom. The van der Waals surface area contributed by atoms with Crippen LogP contribution in [0.3, 0.4) is 0 Å². The smallest absolute Gasteiger partial charge is 0.198 e. The number of rotatable bonds is 11. The third-order valence-corrected chi connectivity index (χ3v) is 12.1. The van der Waals surface area contributed by atoms with Crippen molar-refractivity contribution < 1.29 is 74.7 Å². The van der Waals surface area contributed by atoms with Crippen LogP contribution in [-0.2, 0) is 48.9 Å². The van der Waals surface area contributed by atoms with Gasteiger partial charge < -0.3 is 63.3 Å². The number of carbonyl (C=O) groups excluding carboxylic acids is 1. The van der Waals surface area contributed by atoms with Gasteiger partial charge in [0, 0.05) is 38.8 Å². The average molecular weight is 736 g/mol. The van der Waals surface area contributed by atoms with Crippen molar-refractivity contribution in [2.75, 3.05) is 46.9 Å². The molecule has 0 amide bonds. The standard InChI is InChI=1S/C24H45N5O17S2/c1-19(46-24(6)23(5,33)22(4,32)20(2,42-7)16(45-24)18(30)31)14(13-27-9-11-28(12-10-27)29(35)26-34)44-21(3,43-8)15(25-48(39,40)41)17(19)47(36,37)38/h14-17,25,32-34H,9-13H2,1-8H3,(H,30,31)(H,36,37,38)(H,39,40,41)/p-4/b29-26-. The van der Waals surface area contributed by atoms with Crippen LogP contribution >= 0.6 is 0 Å². The number of aliphatic hydroxyl groups is 2. The molecule has 0 spiro atoms. The van der Waals surface area contributed by atoms with E-state index in [0.717, 1.165) is 60.8 Å². The van der Waals surface area contributed by atoms with Crippen molar-refractivity contribution in [3.63, 3.8) is 0 Å². The van der Waals surface area contributed by atoms with Crippen LogP contribution in [0.2, 0.25) is 0 Å². The van der Waals surface area contributed by atoms with Gasteiger partial charge in [0.1, 0.15) is 50.0 Å². The highest BCUT2D eigenvalue weighted by Gasteiger charge is 2.75. The van der Waals surface area contributed by atoms with E-state index in [2.05, 4.69) is 5.28 Å². The number of hydrogen-bond acceptors (Lipinski definition) is 19. The topological polar surface area (TPSA) is 321 Å². The Bertz CT molecular complexity index is 1470. The van der Waals surface area contributed by atoms with Gasteiger partial charge >= 0.3 is 0 Å². The van der Waals surface area contributed by atoms with Crippen LogP contribution in [0.25, 0.3) is 0 Å². The number of aliphatic carboxylic acids is 1. The Kier molecular flexibility index (Phi) is 10.9. The number of nitrogens with zero attached hydrogens (tertiary/aromatic N) is 4. The maximum absolute atomic E-state index is 13.2. The minimum absolute atomic E-state index is 0.0124. The summed E-state index contributed by atoms with van der Waals surface area (Å²) in [7, 11) is -9.39. The minimum atomic E-state index is -5.81. The summed E-state index contributed by atoms with van der Waals surface area (Å²) in [5.41, 5.74) is -10.3. The number of hydrazine groups is 1. The molecule has 3 fully saturated rings. The van der Waals surface area contributed by atoms with Gasteiger partial charge in [0.15, 0.2) is 21.9 Å². The zero-order valence-corrected chi connectivity index (χ0v) is 29.1. The van der Waals surface area contributed by atoms with Crippen LogP contribution in [0, 0.1) is 10.4 Å². The average Bonchev–Trinajstić information content (AvgIpc) is 2.95. The van der Waals surface area contributed by atoms with E-state index in [1.807, 2.05) is 0 Å². The second kappa shape index (κ2) is 12.9. The SMILES string of the molecule is COC1(C)OC(CN2CCN(/[N+]([O-])=N/[O-])CC2)C(C)(OC2(C)OC(C(=O)[O-])C(C)(OC)C(C)(O)C2(C)O)C(S(=O)(=O)[O-])C1NS(=O)(=O)[O-]. The Morgan fingerprint density at radius 3 is 1.94 bits per heavy atom. The van der Waals surface area contributed by atoms with Crippen LogP contribution in [0.15, 0.2) is 5.28 Å². The van der Waals surface area contributed by atoms with E-state index in [4.69, 9.17) is 23.7 Å². The normalized spacial score (nSPS) is 43.7. The molecule has 48 heavy (non-hydrogen) atoms. The first kappa shape index (κ1) is 40.4. The zero-order chi connectivity index (χ0) is 37.1. The summed E-state index contributed by atoms with van der Waals surface area (Å²) < 4.78 is 106. The lowest BCUT2D eigenvalue weighted by Gasteiger charge is -2.66.